The molecule has 3 rings (SSSR count). The normalized spacial score (nSPS) is 10.4. The molecule has 5 heteroatoms. The minimum Gasteiger partial charge on any atom is -0.253 e. The molecule has 3 heterocycles. The summed E-state index contributed by atoms with van der Waals surface area (Å²) in [6, 6.07) is 9.63. The first-order valence-electron chi connectivity index (χ1n) is 5.45. The zero-order valence-electron chi connectivity index (χ0n) is 9.70. The summed E-state index contributed by atoms with van der Waals surface area (Å²) in [4.78, 5) is 8.48. The van der Waals surface area contributed by atoms with Crippen molar-refractivity contribution < 1.29 is 0 Å². The number of pyridine rings is 2. The van der Waals surface area contributed by atoms with Crippen LogP contribution in [0.2, 0.25) is 0 Å². The molecule has 0 saturated heterocycles. The molecule has 0 bridgehead atoms. The predicted molar refractivity (Wildman–Crippen MR) is 65.7 cm³/mol. The molecule has 3 aromatic heterocycles. The van der Waals surface area contributed by atoms with Crippen molar-refractivity contribution in [1.29, 1.82) is 5.26 Å². The van der Waals surface area contributed by atoms with E-state index in [4.69, 9.17) is 5.26 Å². The number of nitrogens with zero attached hydrogens (tertiary/aromatic N) is 5. The van der Waals surface area contributed by atoms with Crippen LogP contribution in [0.15, 0.2) is 36.8 Å². The first-order valence-corrected chi connectivity index (χ1v) is 5.45. The van der Waals surface area contributed by atoms with E-state index in [1.165, 1.54) is 6.33 Å². The summed E-state index contributed by atoms with van der Waals surface area (Å²) < 4.78 is 1.74. The molecule has 0 aliphatic rings. The van der Waals surface area contributed by atoms with Crippen LogP contribution in [0.25, 0.3) is 17.0 Å². The van der Waals surface area contributed by atoms with E-state index in [0.717, 1.165) is 22.6 Å². The molecular formula is C13H9N5. The topological polar surface area (TPSA) is 66.9 Å². The van der Waals surface area contributed by atoms with E-state index in [2.05, 4.69) is 21.1 Å². The number of hydrogen-bond donors (Lipinski definition) is 0. The molecule has 18 heavy (non-hydrogen) atoms. The molecule has 0 fully saturated rings. The van der Waals surface area contributed by atoms with Crippen molar-refractivity contribution >= 4 is 5.65 Å². The lowest BCUT2D eigenvalue weighted by atomic mass is 10.1. The molecular weight excluding hydrogens is 226 g/mol. The summed E-state index contributed by atoms with van der Waals surface area (Å²) in [5.41, 5.74) is 3.95. The minimum atomic E-state index is 0.557. The molecule has 0 atom stereocenters. The molecule has 0 aliphatic heterocycles. The molecule has 86 valence electrons. The van der Waals surface area contributed by atoms with Crippen molar-refractivity contribution in [2.45, 2.75) is 6.92 Å². The van der Waals surface area contributed by atoms with E-state index in [-0.39, 0.29) is 0 Å². The number of aromatic nitrogens is 4. The van der Waals surface area contributed by atoms with Crippen LogP contribution in [-0.4, -0.2) is 19.6 Å². The molecule has 0 saturated carbocycles. The van der Waals surface area contributed by atoms with E-state index in [1.807, 2.05) is 31.2 Å². The molecule has 0 spiro atoms. The third-order valence-electron chi connectivity index (χ3n) is 2.75. The number of hydrogen-bond acceptors (Lipinski definition) is 4. The molecule has 0 unspecified atom stereocenters. The lowest BCUT2D eigenvalue weighted by Gasteiger charge is -2.06. The SMILES string of the molecule is Cc1cc(C#N)cnc1-c1cccc2ncnn12. The Morgan fingerprint density at radius 2 is 2.17 bits per heavy atom. The van der Waals surface area contributed by atoms with Crippen LogP contribution in [0, 0.1) is 18.3 Å². The average molecular weight is 235 g/mol. The lowest BCUT2D eigenvalue weighted by molar-refractivity contribution is 0.960. The molecule has 0 amide bonds. The highest BCUT2D eigenvalue weighted by molar-refractivity contribution is 5.62. The number of aryl methyl sites for hydroxylation is 1. The van der Waals surface area contributed by atoms with Gasteiger partial charge in [-0.2, -0.15) is 10.4 Å². The highest BCUT2D eigenvalue weighted by Gasteiger charge is 2.09. The van der Waals surface area contributed by atoms with Gasteiger partial charge in [-0.05, 0) is 30.7 Å². The Labute approximate surface area is 103 Å². The zero-order valence-corrected chi connectivity index (χ0v) is 9.70. The van der Waals surface area contributed by atoms with Crippen molar-refractivity contribution in [2.24, 2.45) is 0 Å². The monoisotopic (exact) mass is 235 g/mol. The molecule has 0 radical (unpaired) electrons. The smallest absolute Gasteiger partial charge is 0.156 e. The van der Waals surface area contributed by atoms with Gasteiger partial charge in [0.25, 0.3) is 0 Å². The Balaban J connectivity index is 2.27. The Morgan fingerprint density at radius 3 is 2.94 bits per heavy atom. The Morgan fingerprint density at radius 1 is 1.28 bits per heavy atom. The third-order valence-corrected chi connectivity index (χ3v) is 2.75. The number of fused-ring (bicyclic) bond motifs is 1. The van der Waals surface area contributed by atoms with Gasteiger partial charge in [0.05, 0.1) is 17.0 Å². The van der Waals surface area contributed by atoms with E-state index >= 15 is 0 Å². The first kappa shape index (κ1) is 10.4. The van der Waals surface area contributed by atoms with Gasteiger partial charge in [0.2, 0.25) is 0 Å². The van der Waals surface area contributed by atoms with E-state index in [0.29, 0.717) is 5.56 Å². The second kappa shape index (κ2) is 3.93. The van der Waals surface area contributed by atoms with Crippen LogP contribution in [0.1, 0.15) is 11.1 Å². The second-order valence-electron chi connectivity index (χ2n) is 3.94. The molecule has 3 aromatic rings. The quantitative estimate of drug-likeness (QED) is 0.646. The predicted octanol–water partition coefficient (Wildman–Crippen LogP) is 1.97. The van der Waals surface area contributed by atoms with Crippen molar-refractivity contribution in [3.05, 3.63) is 47.9 Å². The molecule has 0 aliphatic carbocycles. The standard InChI is InChI=1S/C13H9N5/c1-9-5-10(6-14)7-15-13(9)11-3-2-4-12-16-8-17-18(11)12/h2-5,7-8H,1H3. The fraction of sp³-hybridized carbons (Fsp3) is 0.0769. The maximum atomic E-state index is 8.84. The summed E-state index contributed by atoms with van der Waals surface area (Å²) >= 11 is 0. The van der Waals surface area contributed by atoms with Gasteiger partial charge in [-0.15, -0.1) is 0 Å². The zero-order chi connectivity index (χ0) is 12.5. The Bertz CT molecular complexity index is 766. The van der Waals surface area contributed by atoms with Crippen LogP contribution in [-0.2, 0) is 0 Å². The fourth-order valence-electron chi connectivity index (χ4n) is 1.93. The van der Waals surface area contributed by atoms with Crippen LogP contribution in [0.5, 0.6) is 0 Å². The Hall–Kier alpha value is -2.74. The molecule has 0 aromatic carbocycles. The maximum absolute atomic E-state index is 8.84. The third kappa shape index (κ3) is 1.52. The van der Waals surface area contributed by atoms with E-state index in [1.54, 1.807) is 10.7 Å². The number of nitriles is 1. The van der Waals surface area contributed by atoms with Gasteiger partial charge < -0.3 is 0 Å². The first-order chi connectivity index (χ1) is 8.79. The van der Waals surface area contributed by atoms with Crippen molar-refractivity contribution in [1.82, 2.24) is 19.6 Å². The summed E-state index contributed by atoms with van der Waals surface area (Å²) in [5, 5.41) is 13.0. The maximum Gasteiger partial charge on any atom is 0.156 e. The summed E-state index contributed by atoms with van der Waals surface area (Å²) in [6.45, 7) is 1.93. The van der Waals surface area contributed by atoms with E-state index < -0.39 is 0 Å². The fourth-order valence-corrected chi connectivity index (χ4v) is 1.93. The van der Waals surface area contributed by atoms with Gasteiger partial charge in [-0.25, -0.2) is 9.50 Å². The highest BCUT2D eigenvalue weighted by atomic mass is 15.3. The van der Waals surface area contributed by atoms with Gasteiger partial charge >= 0.3 is 0 Å². The Kier molecular flexibility index (Phi) is 2.27. The van der Waals surface area contributed by atoms with Gasteiger partial charge in [0, 0.05) is 6.20 Å². The van der Waals surface area contributed by atoms with Crippen molar-refractivity contribution in [2.75, 3.05) is 0 Å². The van der Waals surface area contributed by atoms with Crippen LogP contribution in [0.4, 0.5) is 0 Å². The van der Waals surface area contributed by atoms with Crippen LogP contribution < -0.4 is 0 Å². The minimum absolute atomic E-state index is 0.557. The summed E-state index contributed by atoms with van der Waals surface area (Å²) in [6.07, 6.45) is 3.08. The highest BCUT2D eigenvalue weighted by Crippen LogP contribution is 2.21. The van der Waals surface area contributed by atoms with Crippen LogP contribution in [0.3, 0.4) is 0 Å². The largest absolute Gasteiger partial charge is 0.253 e. The molecule has 5 nitrogen and oxygen atoms in total. The summed E-state index contributed by atoms with van der Waals surface area (Å²) in [5.74, 6) is 0. The van der Waals surface area contributed by atoms with Crippen molar-refractivity contribution in [3.8, 4) is 17.5 Å². The lowest BCUT2D eigenvalue weighted by Crippen LogP contribution is -1.98. The van der Waals surface area contributed by atoms with E-state index in [9.17, 15) is 0 Å². The van der Waals surface area contributed by atoms with Gasteiger partial charge in [0.1, 0.15) is 12.4 Å². The average Bonchev–Trinajstić information content (AvgIpc) is 2.87. The van der Waals surface area contributed by atoms with Crippen molar-refractivity contribution in [3.63, 3.8) is 0 Å². The van der Waals surface area contributed by atoms with Gasteiger partial charge in [-0.1, -0.05) is 6.07 Å². The summed E-state index contributed by atoms with van der Waals surface area (Å²) in [7, 11) is 0. The van der Waals surface area contributed by atoms with Crippen LogP contribution >= 0.6 is 0 Å². The van der Waals surface area contributed by atoms with Gasteiger partial charge in [0.15, 0.2) is 5.65 Å². The molecule has 0 N–H and O–H groups in total. The second-order valence-corrected chi connectivity index (χ2v) is 3.94. The number of rotatable bonds is 1. The van der Waals surface area contributed by atoms with Gasteiger partial charge in [-0.3, -0.25) is 4.98 Å².